The molecule has 0 unspecified atom stereocenters. The quantitative estimate of drug-likeness (QED) is 0.557. The summed E-state index contributed by atoms with van der Waals surface area (Å²) in [6, 6.07) is 0. The highest BCUT2D eigenvalue weighted by atomic mass is 35.5. The molecule has 0 rings (SSSR count). The normalized spacial score (nSPS) is 11.7. The second-order valence-electron chi connectivity index (χ2n) is 1.88. The number of allylic oxidation sites excluding steroid dienone is 1. The Morgan fingerprint density at radius 2 is 2.33 bits per heavy atom. The van der Waals surface area contributed by atoms with Crippen LogP contribution in [0.5, 0.6) is 0 Å². The molecule has 0 spiro atoms. The summed E-state index contributed by atoms with van der Waals surface area (Å²) in [4.78, 5) is 0. The van der Waals surface area contributed by atoms with Crippen LogP contribution < -0.4 is 0 Å². The van der Waals surface area contributed by atoms with Gasteiger partial charge in [0.05, 0.1) is 7.11 Å². The molecule has 0 aromatic heterocycles. The monoisotopic (exact) mass is 148 g/mol. The number of hydrogen-bond acceptors (Lipinski definition) is 1. The van der Waals surface area contributed by atoms with Crippen molar-refractivity contribution in [3.05, 3.63) is 11.3 Å². The molecule has 0 saturated carbocycles. The first-order valence-corrected chi connectivity index (χ1v) is 3.62. The maximum absolute atomic E-state index is 5.42. The molecule has 0 atom stereocenters. The maximum atomic E-state index is 5.42. The van der Waals surface area contributed by atoms with E-state index in [1.807, 2.05) is 0 Å². The Morgan fingerprint density at radius 1 is 1.67 bits per heavy atom. The molecule has 0 radical (unpaired) electrons. The van der Waals surface area contributed by atoms with Crippen LogP contribution in [0.15, 0.2) is 11.3 Å². The molecule has 0 saturated heterocycles. The first-order valence-electron chi connectivity index (χ1n) is 3.18. The van der Waals surface area contributed by atoms with Crippen LogP contribution in [0.4, 0.5) is 0 Å². The minimum atomic E-state index is 0.874. The van der Waals surface area contributed by atoms with Crippen molar-refractivity contribution >= 4 is 11.6 Å². The summed E-state index contributed by atoms with van der Waals surface area (Å²) in [5.41, 5.74) is 1.50. The molecule has 2 heteroatoms. The van der Waals surface area contributed by atoms with E-state index in [9.17, 15) is 0 Å². The van der Waals surface area contributed by atoms with E-state index in [0.717, 1.165) is 18.6 Å². The standard InChI is InChI=1S/C7H13ClO/c1-3-4-5-7(6-8)9-2/h6H,3-5H2,1-2H3/b7-6-. The minimum absolute atomic E-state index is 0.874. The van der Waals surface area contributed by atoms with Gasteiger partial charge in [-0.2, -0.15) is 0 Å². The highest BCUT2D eigenvalue weighted by Gasteiger charge is 1.91. The SMILES string of the molecule is CCCC/C(=C/Cl)OC. The zero-order valence-electron chi connectivity index (χ0n) is 5.98. The number of halogens is 1. The number of rotatable bonds is 4. The van der Waals surface area contributed by atoms with Crippen LogP contribution in [-0.2, 0) is 4.74 Å². The van der Waals surface area contributed by atoms with Gasteiger partial charge in [0, 0.05) is 12.0 Å². The van der Waals surface area contributed by atoms with E-state index in [0.29, 0.717) is 0 Å². The van der Waals surface area contributed by atoms with E-state index in [1.54, 1.807) is 7.11 Å². The van der Waals surface area contributed by atoms with Gasteiger partial charge in [0.1, 0.15) is 5.76 Å². The van der Waals surface area contributed by atoms with Crippen molar-refractivity contribution in [3.8, 4) is 0 Å². The Hall–Kier alpha value is -0.170. The zero-order valence-corrected chi connectivity index (χ0v) is 6.74. The average Bonchev–Trinajstić information content (AvgIpc) is 1.91. The van der Waals surface area contributed by atoms with Gasteiger partial charge >= 0.3 is 0 Å². The summed E-state index contributed by atoms with van der Waals surface area (Å²) in [5.74, 6) is 0.874. The lowest BCUT2D eigenvalue weighted by atomic mass is 10.2. The van der Waals surface area contributed by atoms with E-state index in [1.165, 1.54) is 12.0 Å². The first kappa shape index (κ1) is 8.83. The smallest absolute Gasteiger partial charge is 0.107 e. The average molecular weight is 149 g/mol. The summed E-state index contributed by atoms with van der Waals surface area (Å²) >= 11 is 5.42. The van der Waals surface area contributed by atoms with Gasteiger partial charge in [-0.05, 0) is 6.42 Å². The summed E-state index contributed by atoms with van der Waals surface area (Å²) in [7, 11) is 1.64. The lowest BCUT2D eigenvalue weighted by molar-refractivity contribution is 0.276. The second kappa shape index (κ2) is 5.96. The van der Waals surface area contributed by atoms with Gasteiger partial charge in [0.2, 0.25) is 0 Å². The summed E-state index contributed by atoms with van der Waals surface area (Å²) in [6.07, 6.45) is 3.28. The third-order valence-electron chi connectivity index (χ3n) is 1.16. The van der Waals surface area contributed by atoms with Crippen molar-refractivity contribution < 1.29 is 4.74 Å². The molecule has 9 heavy (non-hydrogen) atoms. The lowest BCUT2D eigenvalue weighted by Gasteiger charge is -2.01. The number of ether oxygens (including phenoxy) is 1. The highest BCUT2D eigenvalue weighted by Crippen LogP contribution is 2.07. The van der Waals surface area contributed by atoms with Gasteiger partial charge in [-0.15, -0.1) is 0 Å². The van der Waals surface area contributed by atoms with Crippen LogP contribution in [0.1, 0.15) is 26.2 Å². The second-order valence-corrected chi connectivity index (χ2v) is 2.10. The molecule has 0 heterocycles. The zero-order chi connectivity index (χ0) is 7.11. The van der Waals surface area contributed by atoms with Crippen LogP contribution in [0.2, 0.25) is 0 Å². The molecule has 0 N–H and O–H groups in total. The largest absolute Gasteiger partial charge is 0.500 e. The molecule has 0 amide bonds. The summed E-state index contributed by atoms with van der Waals surface area (Å²) in [6.45, 7) is 2.14. The van der Waals surface area contributed by atoms with E-state index < -0.39 is 0 Å². The van der Waals surface area contributed by atoms with Crippen LogP contribution >= 0.6 is 11.6 Å². The Kier molecular flexibility index (Phi) is 5.85. The fourth-order valence-electron chi connectivity index (χ4n) is 0.552. The summed E-state index contributed by atoms with van der Waals surface area (Å²) < 4.78 is 4.93. The fraction of sp³-hybridized carbons (Fsp3) is 0.714. The van der Waals surface area contributed by atoms with Crippen molar-refractivity contribution in [1.82, 2.24) is 0 Å². The molecular formula is C7H13ClO. The predicted octanol–water partition coefficient (Wildman–Crippen LogP) is 2.90. The Morgan fingerprint density at radius 3 is 2.67 bits per heavy atom. The Bertz CT molecular complexity index is 88.9. The van der Waals surface area contributed by atoms with Crippen molar-refractivity contribution in [2.45, 2.75) is 26.2 Å². The molecule has 54 valence electrons. The molecule has 0 bridgehead atoms. The molecule has 0 aliphatic heterocycles. The third kappa shape index (κ3) is 4.34. The number of unbranched alkanes of at least 4 members (excludes halogenated alkanes) is 1. The van der Waals surface area contributed by atoms with E-state index >= 15 is 0 Å². The number of hydrogen-bond donors (Lipinski definition) is 0. The Balaban J connectivity index is 3.33. The fourth-order valence-corrected chi connectivity index (χ4v) is 0.750. The Labute approximate surface area is 61.7 Å². The van der Waals surface area contributed by atoms with E-state index in [2.05, 4.69) is 6.92 Å². The lowest BCUT2D eigenvalue weighted by Crippen LogP contribution is -1.84. The summed E-state index contributed by atoms with van der Waals surface area (Å²) in [5, 5.41) is 0. The number of methoxy groups -OCH3 is 1. The van der Waals surface area contributed by atoms with Crippen LogP contribution in [0.3, 0.4) is 0 Å². The molecule has 0 fully saturated rings. The van der Waals surface area contributed by atoms with E-state index in [4.69, 9.17) is 16.3 Å². The van der Waals surface area contributed by atoms with Crippen molar-refractivity contribution in [1.29, 1.82) is 0 Å². The molecule has 1 nitrogen and oxygen atoms in total. The van der Waals surface area contributed by atoms with E-state index in [-0.39, 0.29) is 0 Å². The maximum Gasteiger partial charge on any atom is 0.107 e. The van der Waals surface area contributed by atoms with Gasteiger partial charge in [-0.3, -0.25) is 0 Å². The third-order valence-corrected chi connectivity index (χ3v) is 1.40. The molecule has 0 aromatic carbocycles. The predicted molar refractivity (Wildman–Crippen MR) is 40.5 cm³/mol. The van der Waals surface area contributed by atoms with Crippen molar-refractivity contribution in [3.63, 3.8) is 0 Å². The van der Waals surface area contributed by atoms with Crippen LogP contribution in [-0.4, -0.2) is 7.11 Å². The molecule has 0 aliphatic rings. The highest BCUT2D eigenvalue weighted by molar-refractivity contribution is 6.25. The van der Waals surface area contributed by atoms with Crippen LogP contribution in [0.25, 0.3) is 0 Å². The van der Waals surface area contributed by atoms with Gasteiger partial charge in [0.15, 0.2) is 0 Å². The van der Waals surface area contributed by atoms with Crippen molar-refractivity contribution in [2.24, 2.45) is 0 Å². The van der Waals surface area contributed by atoms with Crippen molar-refractivity contribution in [2.75, 3.05) is 7.11 Å². The van der Waals surface area contributed by atoms with Crippen LogP contribution in [0, 0.1) is 0 Å². The topological polar surface area (TPSA) is 9.23 Å². The van der Waals surface area contributed by atoms with Gasteiger partial charge in [-0.1, -0.05) is 24.9 Å². The van der Waals surface area contributed by atoms with Gasteiger partial charge < -0.3 is 4.74 Å². The molecule has 0 aliphatic carbocycles. The van der Waals surface area contributed by atoms with Gasteiger partial charge in [-0.25, -0.2) is 0 Å². The minimum Gasteiger partial charge on any atom is -0.500 e. The molecular weight excluding hydrogens is 136 g/mol. The van der Waals surface area contributed by atoms with Gasteiger partial charge in [0.25, 0.3) is 0 Å². The molecule has 0 aromatic rings. The first-order chi connectivity index (χ1) is 4.35.